The summed E-state index contributed by atoms with van der Waals surface area (Å²) in [6, 6.07) is 18.2. The Bertz CT molecular complexity index is 1830. The second-order valence-corrected chi connectivity index (χ2v) is 15.3. The van der Waals surface area contributed by atoms with Crippen molar-refractivity contribution in [2.75, 3.05) is 6.54 Å². The molecule has 0 aliphatic heterocycles. The van der Waals surface area contributed by atoms with Crippen LogP contribution in [0.5, 0.6) is 0 Å². The molecule has 0 radical (unpaired) electrons. The van der Waals surface area contributed by atoms with Gasteiger partial charge in [0.25, 0.3) is 11.5 Å². The number of carbonyl (C=O) groups is 1. The lowest BCUT2D eigenvalue weighted by Gasteiger charge is -2.36. The van der Waals surface area contributed by atoms with Crippen LogP contribution in [-0.4, -0.2) is 39.3 Å². The van der Waals surface area contributed by atoms with Crippen LogP contribution in [-0.2, 0) is 12.8 Å². The Kier molecular flexibility index (Phi) is 9.74. The predicted molar refractivity (Wildman–Crippen MR) is 185 cm³/mol. The number of aliphatic hydroxyl groups is 1. The van der Waals surface area contributed by atoms with E-state index in [1.54, 1.807) is 47.3 Å². The maximum Gasteiger partial charge on any atom is 0.260 e. The van der Waals surface area contributed by atoms with E-state index in [1.165, 1.54) is 15.3 Å². The van der Waals surface area contributed by atoms with E-state index in [2.05, 4.69) is 48.5 Å². The van der Waals surface area contributed by atoms with Gasteiger partial charge in [0.2, 0.25) is 0 Å². The number of aliphatic hydroxyl groups excluding tert-OH is 1. The first-order valence-corrected chi connectivity index (χ1v) is 17.4. The standard InChI is InChI=1S/C38H43N5O3S/c1-24-15-29-33(19-38(2,3)20-35(29)47-24)41-22-34(44)32(17-25-9-8-10-26(16-25)21-39)42-36(45)27-18-30(31-13-6-7-14-40-31)37(46)43(23-27)28-11-4-5-12-28/h6-10,13-16,18,23,28,32-34,41,44H,4-5,11-12,17,19-20,22H2,1-3H3,(H,42,45)/t32-,33-,34+/m0/s1. The third-order valence-corrected chi connectivity index (χ3v) is 10.6. The zero-order chi connectivity index (χ0) is 33.1. The zero-order valence-electron chi connectivity index (χ0n) is 27.3. The van der Waals surface area contributed by atoms with E-state index in [9.17, 15) is 20.0 Å². The fourth-order valence-electron chi connectivity index (χ4n) is 7.21. The maximum absolute atomic E-state index is 14.1. The highest BCUT2D eigenvalue weighted by molar-refractivity contribution is 7.12. The number of thiophene rings is 1. The van der Waals surface area contributed by atoms with E-state index in [0.717, 1.165) is 44.1 Å². The van der Waals surface area contributed by atoms with E-state index >= 15 is 0 Å². The van der Waals surface area contributed by atoms with Crippen LogP contribution >= 0.6 is 11.3 Å². The second-order valence-electron chi connectivity index (χ2n) is 13.9. The summed E-state index contributed by atoms with van der Waals surface area (Å²) in [5.74, 6) is -0.371. The molecule has 2 aliphatic rings. The molecule has 0 spiro atoms. The highest BCUT2D eigenvalue weighted by Crippen LogP contribution is 2.44. The molecule has 1 fully saturated rings. The van der Waals surface area contributed by atoms with Crippen molar-refractivity contribution in [3.63, 3.8) is 0 Å². The van der Waals surface area contributed by atoms with Gasteiger partial charge in [0.1, 0.15) is 0 Å². The minimum absolute atomic E-state index is 0.0300. The van der Waals surface area contributed by atoms with Crippen molar-refractivity contribution in [2.24, 2.45) is 5.41 Å². The van der Waals surface area contributed by atoms with Crippen molar-refractivity contribution < 1.29 is 9.90 Å². The van der Waals surface area contributed by atoms with Crippen LogP contribution < -0.4 is 16.2 Å². The van der Waals surface area contributed by atoms with Gasteiger partial charge in [0.15, 0.2) is 0 Å². The Labute approximate surface area is 280 Å². The molecule has 1 amide bonds. The number of nitrogens with one attached hydrogen (secondary N) is 2. The minimum atomic E-state index is -0.922. The Hall–Kier alpha value is -4.10. The minimum Gasteiger partial charge on any atom is -0.390 e. The van der Waals surface area contributed by atoms with E-state index < -0.39 is 12.1 Å². The van der Waals surface area contributed by atoms with Gasteiger partial charge in [0.05, 0.1) is 40.6 Å². The average Bonchev–Trinajstić information content (AvgIpc) is 3.73. The number of amides is 1. The number of aryl methyl sites for hydroxylation is 1. The number of pyridine rings is 2. The molecule has 2 aliphatic carbocycles. The van der Waals surface area contributed by atoms with Crippen molar-refractivity contribution in [1.82, 2.24) is 20.2 Å². The van der Waals surface area contributed by atoms with E-state index in [1.807, 2.05) is 29.5 Å². The Morgan fingerprint density at radius 3 is 2.72 bits per heavy atom. The molecule has 47 heavy (non-hydrogen) atoms. The number of hydrogen-bond donors (Lipinski definition) is 3. The van der Waals surface area contributed by atoms with Crippen molar-refractivity contribution in [3.8, 4) is 17.3 Å². The molecular formula is C38H43N5O3S. The topological polar surface area (TPSA) is 120 Å². The second kappa shape index (κ2) is 13.9. The highest BCUT2D eigenvalue weighted by atomic mass is 32.1. The van der Waals surface area contributed by atoms with Crippen molar-refractivity contribution >= 4 is 17.2 Å². The quantitative estimate of drug-likeness (QED) is 0.186. The van der Waals surface area contributed by atoms with Crippen LogP contribution in [0.1, 0.15) is 94.8 Å². The summed E-state index contributed by atoms with van der Waals surface area (Å²) in [5.41, 5.74) is 3.89. The lowest BCUT2D eigenvalue weighted by atomic mass is 9.75. The predicted octanol–water partition coefficient (Wildman–Crippen LogP) is 6.27. The lowest BCUT2D eigenvalue weighted by molar-refractivity contribution is 0.0817. The Morgan fingerprint density at radius 1 is 1.17 bits per heavy atom. The summed E-state index contributed by atoms with van der Waals surface area (Å²) in [5, 5.41) is 28.0. The Morgan fingerprint density at radius 2 is 1.98 bits per heavy atom. The molecule has 6 rings (SSSR count). The molecule has 3 atom stereocenters. The van der Waals surface area contributed by atoms with Crippen LogP contribution in [0.4, 0.5) is 0 Å². The SMILES string of the molecule is Cc1cc2c(s1)CC(C)(C)C[C@@H]2NC[C@@H](O)[C@H](Cc1cccc(C#N)c1)NC(=O)c1cc(-c2ccccn2)c(=O)n(C2CCCC2)c1. The fraction of sp³-hybridized carbons (Fsp3) is 0.421. The van der Waals surface area contributed by atoms with Crippen molar-refractivity contribution in [3.05, 3.63) is 109 Å². The maximum atomic E-state index is 14.1. The van der Waals surface area contributed by atoms with E-state index in [0.29, 0.717) is 28.8 Å². The van der Waals surface area contributed by atoms with E-state index in [4.69, 9.17) is 0 Å². The van der Waals surface area contributed by atoms with Gasteiger partial charge in [-0.05, 0) is 92.0 Å². The molecule has 1 aromatic carbocycles. The van der Waals surface area contributed by atoms with Crippen molar-refractivity contribution in [1.29, 1.82) is 5.26 Å². The molecule has 0 unspecified atom stereocenters. The van der Waals surface area contributed by atoms with E-state index in [-0.39, 0.29) is 35.5 Å². The largest absolute Gasteiger partial charge is 0.390 e. The van der Waals surface area contributed by atoms with Gasteiger partial charge in [-0.25, -0.2) is 0 Å². The summed E-state index contributed by atoms with van der Waals surface area (Å²) in [4.78, 5) is 34.8. The third kappa shape index (κ3) is 7.57. The normalized spacial score (nSPS) is 18.7. The number of nitriles is 1. The number of rotatable bonds is 10. The van der Waals surface area contributed by atoms with Crippen LogP contribution in [0.3, 0.4) is 0 Å². The third-order valence-electron chi connectivity index (χ3n) is 9.57. The van der Waals surface area contributed by atoms with Gasteiger partial charge in [-0.1, -0.05) is 44.9 Å². The van der Waals surface area contributed by atoms with Crippen LogP contribution in [0.25, 0.3) is 11.3 Å². The number of nitrogens with zero attached hydrogens (tertiary/aromatic N) is 3. The first kappa shape index (κ1) is 32.8. The molecule has 8 nitrogen and oxygen atoms in total. The van der Waals surface area contributed by atoms with Crippen molar-refractivity contribution in [2.45, 2.75) is 89.9 Å². The molecule has 9 heteroatoms. The molecule has 4 aromatic rings. The number of fused-ring (bicyclic) bond motifs is 1. The number of carbonyl (C=O) groups excluding carboxylic acids is 1. The van der Waals surface area contributed by atoms with Gasteiger partial charge in [-0.3, -0.25) is 14.6 Å². The van der Waals surface area contributed by atoms with Gasteiger partial charge in [0, 0.05) is 40.8 Å². The van der Waals surface area contributed by atoms with Crippen LogP contribution in [0.15, 0.2) is 71.8 Å². The monoisotopic (exact) mass is 649 g/mol. The van der Waals surface area contributed by atoms with Crippen LogP contribution in [0.2, 0.25) is 0 Å². The molecule has 1 saturated carbocycles. The van der Waals surface area contributed by atoms with Crippen LogP contribution in [0, 0.1) is 23.7 Å². The fourth-order valence-corrected chi connectivity index (χ4v) is 8.57. The number of hydrogen-bond acceptors (Lipinski definition) is 7. The highest BCUT2D eigenvalue weighted by Gasteiger charge is 2.34. The number of benzene rings is 1. The van der Waals surface area contributed by atoms with Gasteiger partial charge < -0.3 is 20.3 Å². The molecule has 244 valence electrons. The molecule has 0 saturated heterocycles. The average molecular weight is 650 g/mol. The van der Waals surface area contributed by atoms with Gasteiger partial charge in [-0.15, -0.1) is 11.3 Å². The summed E-state index contributed by atoms with van der Waals surface area (Å²) < 4.78 is 1.71. The molecule has 0 bridgehead atoms. The first-order chi connectivity index (χ1) is 22.6. The first-order valence-electron chi connectivity index (χ1n) is 16.6. The zero-order valence-corrected chi connectivity index (χ0v) is 28.1. The summed E-state index contributed by atoms with van der Waals surface area (Å²) in [6.45, 7) is 6.98. The molecule has 3 N–H and O–H groups in total. The molecule has 3 heterocycles. The molecule has 3 aromatic heterocycles. The number of aromatic nitrogens is 2. The summed E-state index contributed by atoms with van der Waals surface area (Å²) in [7, 11) is 0. The summed E-state index contributed by atoms with van der Waals surface area (Å²) >= 11 is 1.84. The van der Waals surface area contributed by atoms with Gasteiger partial charge in [-0.2, -0.15) is 5.26 Å². The smallest absolute Gasteiger partial charge is 0.260 e. The molecular weight excluding hydrogens is 607 g/mol. The summed E-state index contributed by atoms with van der Waals surface area (Å²) in [6.07, 6.45) is 8.57. The van der Waals surface area contributed by atoms with Gasteiger partial charge >= 0.3 is 0 Å². The Balaban J connectivity index is 1.29. The lowest BCUT2D eigenvalue weighted by Crippen LogP contribution is -2.49.